The van der Waals surface area contributed by atoms with Gasteiger partial charge in [-0.25, -0.2) is 0 Å². The number of thiophene rings is 1. The van der Waals surface area contributed by atoms with Crippen LogP contribution >= 0.6 is 22.9 Å². The SMILES string of the molecule is Nc1cc(NC(=O)CCCOCc2cccs2)ccc1Cl. The van der Waals surface area contributed by atoms with Gasteiger partial charge in [-0.1, -0.05) is 17.7 Å². The molecule has 1 aromatic carbocycles. The van der Waals surface area contributed by atoms with E-state index < -0.39 is 0 Å². The van der Waals surface area contributed by atoms with Crippen LogP contribution in [0.15, 0.2) is 35.7 Å². The van der Waals surface area contributed by atoms with Crippen molar-refractivity contribution in [3.63, 3.8) is 0 Å². The lowest BCUT2D eigenvalue weighted by Gasteiger charge is -2.07. The summed E-state index contributed by atoms with van der Waals surface area (Å²) >= 11 is 7.49. The Labute approximate surface area is 132 Å². The Bertz CT molecular complexity index is 587. The largest absolute Gasteiger partial charge is 0.397 e. The van der Waals surface area contributed by atoms with Crippen LogP contribution in [0.3, 0.4) is 0 Å². The van der Waals surface area contributed by atoms with Crippen LogP contribution in [0.2, 0.25) is 5.02 Å². The summed E-state index contributed by atoms with van der Waals surface area (Å²) in [5.41, 5.74) is 6.79. The lowest BCUT2D eigenvalue weighted by molar-refractivity contribution is -0.116. The first-order valence-corrected chi connectivity index (χ1v) is 7.86. The number of benzene rings is 1. The van der Waals surface area contributed by atoms with Crippen LogP contribution in [0.1, 0.15) is 17.7 Å². The Morgan fingerprint density at radius 1 is 1.38 bits per heavy atom. The molecule has 1 amide bonds. The van der Waals surface area contributed by atoms with Gasteiger partial charge < -0.3 is 15.8 Å². The first-order valence-electron chi connectivity index (χ1n) is 6.60. The molecule has 0 aliphatic rings. The van der Waals surface area contributed by atoms with Crippen LogP contribution in [0.4, 0.5) is 11.4 Å². The van der Waals surface area contributed by atoms with Crippen molar-refractivity contribution in [1.29, 1.82) is 0 Å². The molecule has 3 N–H and O–H groups in total. The van der Waals surface area contributed by atoms with Gasteiger partial charge in [0, 0.05) is 23.6 Å². The molecule has 0 bridgehead atoms. The first kappa shape index (κ1) is 15.8. The second-order valence-electron chi connectivity index (χ2n) is 4.52. The summed E-state index contributed by atoms with van der Waals surface area (Å²) in [4.78, 5) is 13.0. The number of hydrogen-bond donors (Lipinski definition) is 2. The zero-order valence-corrected chi connectivity index (χ0v) is 13.0. The summed E-state index contributed by atoms with van der Waals surface area (Å²) < 4.78 is 5.51. The summed E-state index contributed by atoms with van der Waals surface area (Å²) in [6.45, 7) is 1.17. The first-order chi connectivity index (χ1) is 10.1. The van der Waals surface area contributed by atoms with Gasteiger partial charge in [-0.2, -0.15) is 0 Å². The van der Waals surface area contributed by atoms with Crippen LogP contribution in [0.5, 0.6) is 0 Å². The van der Waals surface area contributed by atoms with Gasteiger partial charge in [0.2, 0.25) is 5.91 Å². The molecule has 4 nitrogen and oxygen atoms in total. The molecule has 2 aromatic rings. The molecule has 0 atom stereocenters. The van der Waals surface area contributed by atoms with E-state index in [0.29, 0.717) is 42.5 Å². The molecular weight excluding hydrogens is 308 g/mol. The number of anilines is 2. The molecule has 0 aliphatic heterocycles. The van der Waals surface area contributed by atoms with Crippen LogP contribution in [0, 0.1) is 0 Å². The number of nitrogens with two attached hydrogens (primary N) is 1. The van der Waals surface area contributed by atoms with Crippen molar-refractivity contribution in [2.24, 2.45) is 0 Å². The monoisotopic (exact) mass is 324 g/mol. The zero-order valence-electron chi connectivity index (χ0n) is 11.5. The molecule has 112 valence electrons. The third-order valence-corrected chi connectivity index (χ3v) is 3.99. The highest BCUT2D eigenvalue weighted by atomic mass is 35.5. The Kier molecular flexibility index (Phi) is 6.04. The molecule has 0 saturated heterocycles. The van der Waals surface area contributed by atoms with E-state index in [9.17, 15) is 4.79 Å². The van der Waals surface area contributed by atoms with E-state index in [4.69, 9.17) is 22.1 Å². The third kappa shape index (κ3) is 5.38. The van der Waals surface area contributed by atoms with E-state index in [1.54, 1.807) is 29.5 Å². The molecule has 1 aromatic heterocycles. The molecule has 0 fully saturated rings. The second-order valence-corrected chi connectivity index (χ2v) is 5.96. The quantitative estimate of drug-likeness (QED) is 0.599. The lowest BCUT2D eigenvalue weighted by Crippen LogP contribution is -2.12. The van der Waals surface area contributed by atoms with Gasteiger partial charge in [0.1, 0.15) is 0 Å². The van der Waals surface area contributed by atoms with E-state index in [-0.39, 0.29) is 5.91 Å². The summed E-state index contributed by atoms with van der Waals surface area (Å²) in [7, 11) is 0. The van der Waals surface area contributed by atoms with Crippen molar-refractivity contribution in [3.8, 4) is 0 Å². The summed E-state index contributed by atoms with van der Waals surface area (Å²) in [5, 5.41) is 5.28. The minimum Gasteiger partial charge on any atom is -0.397 e. The Morgan fingerprint density at radius 2 is 2.24 bits per heavy atom. The van der Waals surface area contributed by atoms with Gasteiger partial charge in [0.05, 0.1) is 17.3 Å². The van der Waals surface area contributed by atoms with Crippen LogP contribution in [-0.2, 0) is 16.1 Å². The van der Waals surface area contributed by atoms with Crippen LogP contribution < -0.4 is 11.1 Å². The van der Waals surface area contributed by atoms with Gasteiger partial charge in [0.15, 0.2) is 0 Å². The van der Waals surface area contributed by atoms with Crippen molar-refractivity contribution < 1.29 is 9.53 Å². The number of ether oxygens (including phenoxy) is 1. The van der Waals surface area contributed by atoms with E-state index in [0.717, 1.165) is 0 Å². The minimum atomic E-state index is -0.0588. The fourth-order valence-electron chi connectivity index (χ4n) is 1.75. The molecule has 21 heavy (non-hydrogen) atoms. The Balaban J connectivity index is 1.64. The van der Waals surface area contributed by atoms with Gasteiger partial charge >= 0.3 is 0 Å². The standard InChI is InChI=1S/C15H17ClN2O2S/c16-13-6-5-11(9-14(13)17)18-15(19)4-1-7-20-10-12-3-2-8-21-12/h2-3,5-6,8-9H,1,4,7,10,17H2,(H,18,19). The number of nitrogen functional groups attached to an aromatic ring is 1. The highest BCUT2D eigenvalue weighted by Crippen LogP contribution is 2.22. The lowest BCUT2D eigenvalue weighted by atomic mass is 10.2. The molecule has 1 heterocycles. The molecule has 2 rings (SSSR count). The second kappa shape index (κ2) is 8.02. The average molecular weight is 325 g/mol. The predicted octanol–water partition coefficient (Wildman–Crippen LogP) is 3.92. The highest BCUT2D eigenvalue weighted by molar-refractivity contribution is 7.09. The number of carbonyl (C=O) groups is 1. The molecular formula is C15H17ClN2O2S. The molecule has 0 unspecified atom stereocenters. The molecule has 6 heteroatoms. The number of amides is 1. The number of carbonyl (C=O) groups excluding carboxylic acids is 1. The van der Waals surface area contributed by atoms with Crippen molar-refractivity contribution in [2.75, 3.05) is 17.7 Å². The van der Waals surface area contributed by atoms with E-state index in [1.807, 2.05) is 17.5 Å². The van der Waals surface area contributed by atoms with Crippen molar-refractivity contribution in [3.05, 3.63) is 45.6 Å². The molecule has 0 radical (unpaired) electrons. The summed E-state index contributed by atoms with van der Waals surface area (Å²) in [6, 6.07) is 9.06. The maximum absolute atomic E-state index is 11.8. The van der Waals surface area contributed by atoms with Gasteiger partial charge in [-0.3, -0.25) is 4.79 Å². The highest BCUT2D eigenvalue weighted by Gasteiger charge is 2.04. The predicted molar refractivity (Wildman–Crippen MR) is 87.7 cm³/mol. The Morgan fingerprint density at radius 3 is 2.95 bits per heavy atom. The fourth-order valence-corrected chi connectivity index (χ4v) is 2.51. The molecule has 0 aliphatic carbocycles. The number of hydrogen-bond acceptors (Lipinski definition) is 4. The summed E-state index contributed by atoms with van der Waals surface area (Å²) in [5.74, 6) is -0.0588. The van der Waals surface area contributed by atoms with Gasteiger partial charge in [-0.15, -0.1) is 11.3 Å². The maximum Gasteiger partial charge on any atom is 0.224 e. The van der Waals surface area contributed by atoms with Crippen LogP contribution in [0.25, 0.3) is 0 Å². The Hall–Kier alpha value is -1.56. The normalized spacial score (nSPS) is 10.5. The zero-order chi connectivity index (χ0) is 15.1. The van der Waals surface area contributed by atoms with Gasteiger partial charge in [-0.05, 0) is 36.1 Å². The van der Waals surface area contributed by atoms with Gasteiger partial charge in [0.25, 0.3) is 0 Å². The smallest absolute Gasteiger partial charge is 0.224 e. The third-order valence-electron chi connectivity index (χ3n) is 2.80. The van der Waals surface area contributed by atoms with E-state index in [2.05, 4.69) is 5.32 Å². The van der Waals surface area contributed by atoms with E-state index in [1.165, 1.54) is 4.88 Å². The van der Waals surface area contributed by atoms with Crippen molar-refractivity contribution in [2.45, 2.75) is 19.4 Å². The molecule has 0 spiro atoms. The number of nitrogens with one attached hydrogen (secondary N) is 1. The summed E-state index contributed by atoms with van der Waals surface area (Å²) in [6.07, 6.45) is 1.09. The van der Waals surface area contributed by atoms with E-state index >= 15 is 0 Å². The average Bonchev–Trinajstić information content (AvgIpc) is 2.96. The topological polar surface area (TPSA) is 64.3 Å². The number of rotatable bonds is 7. The van der Waals surface area contributed by atoms with Crippen molar-refractivity contribution >= 4 is 40.2 Å². The number of halogens is 1. The van der Waals surface area contributed by atoms with Crippen LogP contribution in [-0.4, -0.2) is 12.5 Å². The minimum absolute atomic E-state index is 0.0588. The maximum atomic E-state index is 11.8. The molecule has 0 saturated carbocycles. The fraction of sp³-hybridized carbons (Fsp3) is 0.267. The van der Waals surface area contributed by atoms with Crippen molar-refractivity contribution in [1.82, 2.24) is 0 Å².